The number of hydrogen-bond acceptors (Lipinski definition) is 5. The Balaban J connectivity index is 1.75. The molecular weight excluding hydrogens is 300 g/mol. The number of non-ortho nitro benzene ring substituents is 1. The molecule has 0 saturated carbocycles. The zero-order valence-electron chi connectivity index (χ0n) is 13.4. The van der Waals surface area contributed by atoms with Crippen molar-refractivity contribution >= 4 is 11.8 Å². The average molecular weight is 320 g/mol. The van der Waals surface area contributed by atoms with Crippen molar-refractivity contribution in [2.45, 2.75) is 51.0 Å². The molecule has 0 spiro atoms. The van der Waals surface area contributed by atoms with E-state index in [9.17, 15) is 14.9 Å². The number of rotatable bonds is 2. The molecule has 2 aliphatic rings. The third-order valence-electron chi connectivity index (χ3n) is 4.05. The number of morpholine rings is 1. The fraction of sp³-hybridized carbons (Fsp3) is 0.562. The summed E-state index contributed by atoms with van der Waals surface area (Å²) in [4.78, 5) is 24.4. The van der Waals surface area contributed by atoms with Gasteiger partial charge in [-0.1, -0.05) is 0 Å². The van der Waals surface area contributed by atoms with Crippen LogP contribution in [0.1, 0.15) is 38.9 Å². The Morgan fingerprint density at radius 3 is 2.52 bits per heavy atom. The Hall–Kier alpha value is -2.15. The molecule has 0 radical (unpaired) electrons. The van der Waals surface area contributed by atoms with Crippen LogP contribution in [-0.2, 0) is 9.47 Å². The number of nitro groups is 1. The Morgan fingerprint density at radius 2 is 2.00 bits per heavy atom. The van der Waals surface area contributed by atoms with Crippen LogP contribution in [0.3, 0.4) is 0 Å². The lowest BCUT2D eigenvalue weighted by molar-refractivity contribution is -0.384. The van der Waals surface area contributed by atoms with Crippen molar-refractivity contribution < 1.29 is 19.2 Å². The molecule has 0 aliphatic carbocycles. The van der Waals surface area contributed by atoms with Crippen molar-refractivity contribution in [1.82, 2.24) is 4.90 Å². The Labute approximate surface area is 134 Å². The smallest absolute Gasteiger partial charge is 0.410 e. The number of ether oxygens (including phenoxy) is 2. The van der Waals surface area contributed by atoms with E-state index >= 15 is 0 Å². The molecule has 0 N–H and O–H groups in total. The maximum atomic E-state index is 12.3. The van der Waals surface area contributed by atoms with Gasteiger partial charge in [0.25, 0.3) is 5.69 Å². The molecule has 7 nitrogen and oxygen atoms in total. The number of hydrogen-bond donors (Lipinski definition) is 0. The van der Waals surface area contributed by atoms with E-state index in [-0.39, 0.29) is 30.0 Å². The highest BCUT2D eigenvalue weighted by molar-refractivity contribution is 5.69. The number of nitro benzene ring substituents is 1. The van der Waals surface area contributed by atoms with Crippen LogP contribution in [0.5, 0.6) is 0 Å². The van der Waals surface area contributed by atoms with Gasteiger partial charge in [0.2, 0.25) is 0 Å². The number of benzene rings is 1. The summed E-state index contributed by atoms with van der Waals surface area (Å²) in [6.07, 6.45) is 0.163. The highest BCUT2D eigenvalue weighted by Crippen LogP contribution is 2.42. The molecule has 2 bridgehead atoms. The van der Waals surface area contributed by atoms with E-state index in [0.29, 0.717) is 6.54 Å². The molecule has 124 valence electrons. The SMILES string of the molecule is CC(C)(C)OC(=O)N1CC2CC1C(c1ccc([N+](=O)[O-])cc1)O2. The lowest BCUT2D eigenvalue weighted by atomic mass is 10.0. The average Bonchev–Trinajstić information content (AvgIpc) is 3.05. The molecule has 2 saturated heterocycles. The van der Waals surface area contributed by atoms with Crippen molar-refractivity contribution in [2.24, 2.45) is 0 Å². The molecule has 2 heterocycles. The summed E-state index contributed by atoms with van der Waals surface area (Å²) in [5.74, 6) is 0. The second kappa shape index (κ2) is 5.49. The summed E-state index contributed by atoms with van der Waals surface area (Å²) in [6.45, 7) is 6.04. The third-order valence-corrected chi connectivity index (χ3v) is 4.05. The first-order valence-electron chi connectivity index (χ1n) is 7.64. The fourth-order valence-electron chi connectivity index (χ4n) is 3.13. The van der Waals surface area contributed by atoms with E-state index < -0.39 is 10.5 Å². The number of likely N-dealkylation sites (tertiary alicyclic amines) is 1. The second-order valence-corrected chi connectivity index (χ2v) is 6.96. The minimum absolute atomic E-state index is 0.00675. The molecule has 0 aromatic heterocycles. The fourth-order valence-corrected chi connectivity index (χ4v) is 3.13. The van der Waals surface area contributed by atoms with Gasteiger partial charge in [-0.05, 0) is 44.9 Å². The summed E-state index contributed by atoms with van der Waals surface area (Å²) >= 11 is 0. The van der Waals surface area contributed by atoms with Crippen LogP contribution in [0.15, 0.2) is 24.3 Å². The van der Waals surface area contributed by atoms with Gasteiger partial charge in [-0.2, -0.15) is 0 Å². The Bertz CT molecular complexity index is 622. The van der Waals surface area contributed by atoms with E-state index in [1.165, 1.54) is 12.1 Å². The molecule has 2 aliphatic heterocycles. The van der Waals surface area contributed by atoms with Gasteiger partial charge in [0, 0.05) is 12.1 Å². The predicted molar refractivity (Wildman–Crippen MR) is 82.1 cm³/mol. The van der Waals surface area contributed by atoms with E-state index in [4.69, 9.17) is 9.47 Å². The van der Waals surface area contributed by atoms with Crippen molar-refractivity contribution in [1.29, 1.82) is 0 Å². The number of carbonyl (C=O) groups excluding carboxylic acids is 1. The van der Waals surface area contributed by atoms with Gasteiger partial charge in [0.1, 0.15) is 11.7 Å². The summed E-state index contributed by atoms with van der Waals surface area (Å²) in [5, 5.41) is 10.7. The number of amides is 1. The minimum Gasteiger partial charge on any atom is -0.444 e. The van der Waals surface area contributed by atoms with Crippen LogP contribution >= 0.6 is 0 Å². The largest absolute Gasteiger partial charge is 0.444 e. The molecule has 1 aromatic carbocycles. The van der Waals surface area contributed by atoms with Crippen molar-refractivity contribution in [3.8, 4) is 0 Å². The zero-order chi connectivity index (χ0) is 16.8. The highest BCUT2D eigenvalue weighted by Gasteiger charge is 2.49. The molecule has 2 fully saturated rings. The van der Waals surface area contributed by atoms with E-state index in [1.54, 1.807) is 17.0 Å². The molecule has 3 atom stereocenters. The molecule has 23 heavy (non-hydrogen) atoms. The summed E-state index contributed by atoms with van der Waals surface area (Å²) in [5.41, 5.74) is 0.347. The summed E-state index contributed by atoms with van der Waals surface area (Å²) in [7, 11) is 0. The second-order valence-electron chi connectivity index (χ2n) is 6.96. The lowest BCUT2D eigenvalue weighted by Crippen LogP contribution is -2.45. The van der Waals surface area contributed by atoms with Crippen LogP contribution in [0.25, 0.3) is 0 Å². The highest BCUT2D eigenvalue weighted by atomic mass is 16.6. The first-order chi connectivity index (χ1) is 10.7. The van der Waals surface area contributed by atoms with Crippen molar-refractivity contribution in [3.05, 3.63) is 39.9 Å². The topological polar surface area (TPSA) is 81.9 Å². The third kappa shape index (κ3) is 3.14. The van der Waals surface area contributed by atoms with Crippen LogP contribution in [0, 0.1) is 10.1 Å². The monoisotopic (exact) mass is 320 g/mol. The van der Waals surface area contributed by atoms with Gasteiger partial charge in [-0.25, -0.2) is 4.79 Å². The quantitative estimate of drug-likeness (QED) is 0.618. The van der Waals surface area contributed by atoms with Gasteiger partial charge in [0.05, 0.1) is 23.6 Å². The number of carbonyl (C=O) groups is 1. The lowest BCUT2D eigenvalue weighted by Gasteiger charge is -2.34. The number of nitrogens with zero attached hydrogens (tertiary/aromatic N) is 2. The summed E-state index contributed by atoms with van der Waals surface area (Å²) < 4.78 is 11.4. The molecule has 3 unspecified atom stereocenters. The molecule has 1 aromatic rings. The van der Waals surface area contributed by atoms with Crippen LogP contribution in [-0.4, -0.2) is 40.2 Å². The molecule has 7 heteroatoms. The predicted octanol–water partition coefficient (Wildman–Crippen LogP) is 3.04. The molecular formula is C16H20N2O5. The normalized spacial score (nSPS) is 26.4. The van der Waals surface area contributed by atoms with Crippen LogP contribution < -0.4 is 0 Å². The zero-order valence-corrected chi connectivity index (χ0v) is 13.4. The molecule has 3 rings (SSSR count). The maximum Gasteiger partial charge on any atom is 0.410 e. The Kier molecular flexibility index (Phi) is 3.75. The minimum atomic E-state index is -0.539. The standard InChI is InChI=1S/C16H20N2O5/c1-16(2,3)23-15(19)17-9-12-8-13(17)14(22-12)10-4-6-11(7-5-10)18(20)21/h4-7,12-14H,8-9H2,1-3H3. The van der Waals surface area contributed by atoms with Gasteiger partial charge >= 0.3 is 6.09 Å². The van der Waals surface area contributed by atoms with E-state index in [1.807, 2.05) is 20.8 Å². The number of fused-ring (bicyclic) bond motifs is 2. The maximum absolute atomic E-state index is 12.3. The van der Waals surface area contributed by atoms with E-state index in [0.717, 1.165) is 12.0 Å². The van der Waals surface area contributed by atoms with E-state index in [2.05, 4.69) is 0 Å². The van der Waals surface area contributed by atoms with Crippen LogP contribution in [0.4, 0.5) is 10.5 Å². The van der Waals surface area contributed by atoms with Crippen LogP contribution in [0.2, 0.25) is 0 Å². The Morgan fingerprint density at radius 1 is 1.35 bits per heavy atom. The first-order valence-corrected chi connectivity index (χ1v) is 7.64. The van der Waals surface area contributed by atoms with Crippen molar-refractivity contribution in [3.63, 3.8) is 0 Å². The summed E-state index contributed by atoms with van der Waals surface area (Å²) in [6, 6.07) is 6.22. The molecule has 1 amide bonds. The van der Waals surface area contributed by atoms with Gasteiger partial charge in [-0.15, -0.1) is 0 Å². The first kappa shape index (κ1) is 15.7. The van der Waals surface area contributed by atoms with Gasteiger partial charge in [-0.3, -0.25) is 15.0 Å². The van der Waals surface area contributed by atoms with Gasteiger partial charge < -0.3 is 9.47 Å². The van der Waals surface area contributed by atoms with Gasteiger partial charge in [0.15, 0.2) is 0 Å². The van der Waals surface area contributed by atoms with Crippen molar-refractivity contribution in [2.75, 3.05) is 6.54 Å².